The van der Waals surface area contributed by atoms with Gasteiger partial charge in [-0.05, 0) is 31.6 Å². The van der Waals surface area contributed by atoms with Crippen molar-refractivity contribution in [3.63, 3.8) is 0 Å². The molecule has 0 aliphatic carbocycles. The van der Waals surface area contributed by atoms with E-state index in [4.69, 9.17) is 28.2 Å². The summed E-state index contributed by atoms with van der Waals surface area (Å²) in [6.45, 7) is 15.1. The summed E-state index contributed by atoms with van der Waals surface area (Å²) >= 11 is 1.47. The van der Waals surface area contributed by atoms with Crippen molar-refractivity contribution in [2.24, 2.45) is 11.8 Å². The molecule has 6 nitrogen and oxygen atoms in total. The summed E-state index contributed by atoms with van der Waals surface area (Å²) in [6, 6.07) is 21.9. The zero-order valence-electron chi connectivity index (χ0n) is 47.4. The molecule has 406 valence electrons. The van der Waals surface area contributed by atoms with Gasteiger partial charge in [-0.2, -0.15) is 0 Å². The molecule has 0 bridgehead atoms. The van der Waals surface area contributed by atoms with Gasteiger partial charge in [0.1, 0.15) is 0 Å². The fourth-order valence-electron chi connectivity index (χ4n) is 10.9. The van der Waals surface area contributed by atoms with Crippen LogP contribution in [0.15, 0.2) is 60.7 Å². The molecule has 2 unspecified atom stereocenters. The van der Waals surface area contributed by atoms with E-state index in [0.717, 1.165) is 80.4 Å². The number of fused-ring (bicyclic) bond motifs is 2. The van der Waals surface area contributed by atoms with Crippen LogP contribution in [0.5, 0.6) is 11.5 Å². The summed E-state index contributed by atoms with van der Waals surface area (Å²) in [5.74, 6) is 3.05. The zero-order chi connectivity index (χ0) is 52.0. The Bertz CT molecular complexity index is 2430. The minimum absolute atomic E-state index is 0.191. The van der Waals surface area contributed by atoms with Crippen molar-refractivity contribution in [1.82, 2.24) is 18.7 Å². The van der Waals surface area contributed by atoms with Crippen molar-refractivity contribution in [2.75, 3.05) is 13.2 Å². The van der Waals surface area contributed by atoms with Gasteiger partial charge in [-0.15, -0.1) is 0 Å². The zero-order valence-corrected chi connectivity index (χ0v) is 49.9. The Hall–Kier alpha value is -3.58. The van der Waals surface area contributed by atoms with Gasteiger partial charge in [0.05, 0.1) is 0 Å². The third kappa shape index (κ3) is 19.8. The maximum absolute atomic E-state index is 6.68. The van der Waals surface area contributed by atoms with E-state index < -0.39 is 0 Å². The average Bonchev–Trinajstić information content (AvgIpc) is 4.11. The van der Waals surface area contributed by atoms with Crippen LogP contribution in [-0.2, 0) is 0 Å². The molecule has 3 aromatic heterocycles. The summed E-state index contributed by atoms with van der Waals surface area (Å²) in [7, 11) is 0. The van der Waals surface area contributed by atoms with Crippen LogP contribution < -0.4 is 9.47 Å². The number of hydrogen-bond donors (Lipinski definition) is 0. The Balaban J connectivity index is 1.22. The van der Waals surface area contributed by atoms with Crippen LogP contribution in [0.25, 0.3) is 54.6 Å². The molecule has 8 heteroatoms. The molecule has 0 saturated heterocycles. The number of benzene rings is 3. The van der Waals surface area contributed by atoms with Crippen molar-refractivity contribution >= 4 is 48.3 Å². The summed E-state index contributed by atoms with van der Waals surface area (Å²) in [6.07, 6.45) is 42.9. The van der Waals surface area contributed by atoms with Gasteiger partial charge < -0.3 is 0 Å². The van der Waals surface area contributed by atoms with Gasteiger partial charge in [0, 0.05) is 0 Å². The van der Waals surface area contributed by atoms with Gasteiger partial charge in [0.2, 0.25) is 0 Å². The molecule has 0 saturated carbocycles. The summed E-state index contributed by atoms with van der Waals surface area (Å²) in [4.78, 5) is 11.3. The molecule has 0 N–H and O–H groups in total. The SMILES string of the molecule is CCCCCCCCCCC(CCCCCCCC)COc1ccc(-c2nc3c(C)c4nsnc4c(-c4ccc(C)[se]4)c3nc2-c2ccc(OCC(CCCCCCCC)CCCCCCCCCC)cc2)cc1. The topological polar surface area (TPSA) is 70.0 Å². The first-order valence-electron chi connectivity index (χ1n) is 30.4. The van der Waals surface area contributed by atoms with Crippen molar-refractivity contribution < 1.29 is 9.47 Å². The average molecular weight is 1090 g/mol. The monoisotopic (exact) mass is 1090 g/mol. The van der Waals surface area contributed by atoms with Crippen molar-refractivity contribution in [2.45, 2.75) is 247 Å². The standard InChI is InChI=1S/C66H98N4O2SSe/c1-7-11-15-19-23-25-29-33-37-53(35-31-27-21-17-13-9-3)49-71-57-44-40-55(41-45-57)63-64(68-65-60(59-48-39-51(5)74-59)66-62(69-73-70-66)52(6)61(65)67-63)56-42-46-58(47-43-56)72-50-54(36-32-28-22-18-14-10-4)38-34-30-26-24-20-16-12-8-2/h39-48,53-54H,7-38,49-50H2,1-6H3. The number of nitrogens with zero attached hydrogens (tertiary/aromatic N) is 4. The molecule has 0 aliphatic rings. The summed E-state index contributed by atoms with van der Waals surface area (Å²) in [5, 5.41) is 0. The van der Waals surface area contributed by atoms with Gasteiger partial charge in [-0.1, -0.05) is 207 Å². The number of rotatable bonds is 41. The van der Waals surface area contributed by atoms with Crippen LogP contribution in [0.4, 0.5) is 0 Å². The van der Waals surface area contributed by atoms with Gasteiger partial charge in [0.15, 0.2) is 0 Å². The molecule has 3 heterocycles. The first-order chi connectivity index (χ1) is 36.4. The van der Waals surface area contributed by atoms with E-state index in [0.29, 0.717) is 11.8 Å². The van der Waals surface area contributed by atoms with Gasteiger partial charge >= 0.3 is 224 Å². The van der Waals surface area contributed by atoms with E-state index in [1.807, 2.05) is 0 Å². The molecule has 6 rings (SSSR count). The molecule has 0 fully saturated rings. The Labute approximate surface area is 460 Å². The second kappa shape index (κ2) is 35.0. The van der Waals surface area contributed by atoms with Gasteiger partial charge in [-0.25, -0.2) is 0 Å². The molecule has 6 aromatic rings. The quantitative estimate of drug-likeness (QED) is 0.0281. The molecule has 0 aliphatic heterocycles. The molecule has 0 radical (unpaired) electrons. The summed E-state index contributed by atoms with van der Waals surface area (Å²) < 4.78 is 25.8. The first-order valence-corrected chi connectivity index (χ1v) is 32.9. The molecule has 3 aromatic carbocycles. The van der Waals surface area contributed by atoms with E-state index >= 15 is 0 Å². The van der Waals surface area contributed by atoms with Crippen molar-refractivity contribution in [1.29, 1.82) is 0 Å². The predicted octanol–water partition coefficient (Wildman–Crippen LogP) is 20.9. The van der Waals surface area contributed by atoms with E-state index in [-0.39, 0.29) is 14.5 Å². The Kier molecular flexibility index (Phi) is 28.2. The molecule has 0 spiro atoms. The molecule has 2 atom stereocenters. The first kappa shape index (κ1) is 59.7. The normalized spacial score (nSPS) is 12.6. The van der Waals surface area contributed by atoms with Crippen molar-refractivity contribution in [3.05, 3.63) is 70.7 Å². The third-order valence-electron chi connectivity index (χ3n) is 15.6. The minimum atomic E-state index is 0.191. The Morgan fingerprint density at radius 2 is 0.770 bits per heavy atom. The van der Waals surface area contributed by atoms with Crippen LogP contribution in [-0.4, -0.2) is 46.4 Å². The van der Waals surface area contributed by atoms with Gasteiger partial charge in [0.25, 0.3) is 0 Å². The molecule has 0 amide bonds. The number of aryl methyl sites for hydroxylation is 2. The predicted molar refractivity (Wildman–Crippen MR) is 322 cm³/mol. The summed E-state index contributed by atoms with van der Waals surface area (Å²) in [5.41, 5.74) is 9.59. The van der Waals surface area contributed by atoms with Crippen LogP contribution in [0, 0.1) is 25.7 Å². The van der Waals surface area contributed by atoms with Crippen molar-refractivity contribution in [3.8, 4) is 44.0 Å². The van der Waals surface area contributed by atoms with Crippen LogP contribution >= 0.6 is 11.7 Å². The fraction of sp³-hybridized carbons (Fsp3) is 0.636. The second-order valence-electron chi connectivity index (χ2n) is 22.0. The second-order valence-corrected chi connectivity index (χ2v) is 25.3. The van der Waals surface area contributed by atoms with Crippen LogP contribution in [0.1, 0.15) is 243 Å². The van der Waals surface area contributed by atoms with Crippen LogP contribution in [0.3, 0.4) is 0 Å². The van der Waals surface area contributed by atoms with E-state index in [2.05, 4.69) is 102 Å². The Morgan fingerprint density at radius 1 is 0.405 bits per heavy atom. The fourth-order valence-corrected chi connectivity index (χ4v) is 13.5. The van der Waals surface area contributed by atoms with E-state index in [1.165, 1.54) is 226 Å². The maximum atomic E-state index is 6.68. The number of ether oxygens (including phenoxy) is 2. The van der Waals surface area contributed by atoms with Gasteiger partial charge in [-0.3, -0.25) is 0 Å². The number of unbranched alkanes of at least 4 members (excludes halogenated alkanes) is 24. The van der Waals surface area contributed by atoms with Crippen LogP contribution in [0.2, 0.25) is 0 Å². The Morgan fingerprint density at radius 3 is 1.15 bits per heavy atom. The molecular weight excluding hydrogens is 992 g/mol. The number of aromatic nitrogens is 4. The third-order valence-corrected chi connectivity index (χ3v) is 18.3. The molecular formula is C66H98N4O2SSe. The van der Waals surface area contributed by atoms with E-state index in [9.17, 15) is 0 Å². The molecule has 74 heavy (non-hydrogen) atoms. The number of hydrogen-bond acceptors (Lipinski definition) is 7. The van der Waals surface area contributed by atoms with E-state index in [1.54, 1.807) is 0 Å².